The van der Waals surface area contributed by atoms with Gasteiger partial charge in [0.05, 0.1) is 11.6 Å². The predicted octanol–water partition coefficient (Wildman–Crippen LogP) is 1.97. The lowest BCUT2D eigenvalue weighted by Crippen LogP contribution is -2.02. The first-order chi connectivity index (χ1) is 6.72. The zero-order valence-corrected chi connectivity index (χ0v) is 7.57. The van der Waals surface area contributed by atoms with Crippen LogP contribution in [0.2, 0.25) is 0 Å². The van der Waals surface area contributed by atoms with Crippen molar-refractivity contribution in [3.05, 3.63) is 45.8 Å². The Balaban J connectivity index is 2.97. The van der Waals surface area contributed by atoms with E-state index >= 15 is 0 Å². The largest absolute Gasteiger partial charge is 0.422 e. The van der Waals surface area contributed by atoms with Crippen molar-refractivity contribution in [3.8, 4) is 6.07 Å². The SMILES string of the molecule is Cc1cc2c(C#N)cccc2oc1=O. The fourth-order valence-electron chi connectivity index (χ4n) is 1.34. The lowest BCUT2D eigenvalue weighted by atomic mass is 10.1. The monoisotopic (exact) mass is 185 g/mol. The smallest absolute Gasteiger partial charge is 0.339 e. The van der Waals surface area contributed by atoms with Crippen LogP contribution in [0.1, 0.15) is 11.1 Å². The van der Waals surface area contributed by atoms with Crippen LogP contribution in [0.25, 0.3) is 11.0 Å². The van der Waals surface area contributed by atoms with Crippen LogP contribution >= 0.6 is 0 Å². The minimum atomic E-state index is -0.354. The van der Waals surface area contributed by atoms with Crippen molar-refractivity contribution >= 4 is 11.0 Å². The second kappa shape index (κ2) is 3.00. The molecule has 0 saturated carbocycles. The Bertz CT molecular complexity index is 590. The fraction of sp³-hybridized carbons (Fsp3) is 0.0909. The van der Waals surface area contributed by atoms with Gasteiger partial charge in [0.1, 0.15) is 5.58 Å². The van der Waals surface area contributed by atoms with Crippen LogP contribution in [0.15, 0.2) is 33.5 Å². The summed E-state index contributed by atoms with van der Waals surface area (Å²) in [5.41, 5.74) is 1.14. The average Bonchev–Trinajstić information content (AvgIpc) is 2.19. The van der Waals surface area contributed by atoms with Crippen molar-refractivity contribution in [2.45, 2.75) is 6.92 Å². The second-order valence-corrected chi connectivity index (χ2v) is 3.05. The maximum Gasteiger partial charge on any atom is 0.339 e. The molecular formula is C11H7NO2. The minimum Gasteiger partial charge on any atom is -0.422 e. The number of fused-ring (bicyclic) bond motifs is 1. The minimum absolute atomic E-state index is 0.354. The van der Waals surface area contributed by atoms with E-state index in [9.17, 15) is 4.79 Å². The number of hydrogen-bond donors (Lipinski definition) is 0. The number of aryl methyl sites for hydroxylation is 1. The molecule has 1 aromatic heterocycles. The molecule has 0 radical (unpaired) electrons. The van der Waals surface area contributed by atoms with E-state index in [0.29, 0.717) is 22.1 Å². The molecule has 0 fully saturated rings. The molecule has 0 spiro atoms. The van der Waals surface area contributed by atoms with Crippen molar-refractivity contribution in [2.24, 2.45) is 0 Å². The van der Waals surface area contributed by atoms with Gasteiger partial charge in [0.15, 0.2) is 0 Å². The van der Waals surface area contributed by atoms with Gasteiger partial charge in [-0.1, -0.05) is 6.07 Å². The molecule has 14 heavy (non-hydrogen) atoms. The normalized spacial score (nSPS) is 10.0. The molecule has 0 N–H and O–H groups in total. The number of hydrogen-bond acceptors (Lipinski definition) is 3. The average molecular weight is 185 g/mol. The van der Waals surface area contributed by atoms with Crippen molar-refractivity contribution in [1.29, 1.82) is 5.26 Å². The van der Waals surface area contributed by atoms with E-state index in [1.54, 1.807) is 31.2 Å². The molecule has 0 aliphatic heterocycles. The predicted molar refractivity (Wildman–Crippen MR) is 51.9 cm³/mol. The summed E-state index contributed by atoms with van der Waals surface area (Å²) in [5, 5.41) is 9.51. The van der Waals surface area contributed by atoms with Crippen LogP contribution in [-0.2, 0) is 0 Å². The standard InChI is InChI=1S/C11H7NO2/c1-7-5-9-8(6-12)3-2-4-10(9)14-11(7)13/h2-5H,1H3. The summed E-state index contributed by atoms with van der Waals surface area (Å²) < 4.78 is 5.03. The first-order valence-electron chi connectivity index (χ1n) is 4.16. The molecule has 68 valence electrons. The molecular weight excluding hydrogens is 178 g/mol. The van der Waals surface area contributed by atoms with E-state index in [0.717, 1.165) is 0 Å². The number of rotatable bonds is 0. The Morgan fingerprint density at radius 2 is 2.21 bits per heavy atom. The van der Waals surface area contributed by atoms with Crippen molar-refractivity contribution in [1.82, 2.24) is 0 Å². The van der Waals surface area contributed by atoms with Gasteiger partial charge in [-0.05, 0) is 25.1 Å². The van der Waals surface area contributed by atoms with E-state index in [1.807, 2.05) is 0 Å². The summed E-state index contributed by atoms with van der Waals surface area (Å²) in [7, 11) is 0. The molecule has 0 bridgehead atoms. The van der Waals surface area contributed by atoms with E-state index in [1.165, 1.54) is 0 Å². The van der Waals surface area contributed by atoms with E-state index in [-0.39, 0.29) is 5.63 Å². The molecule has 0 aliphatic carbocycles. The molecule has 3 nitrogen and oxygen atoms in total. The van der Waals surface area contributed by atoms with Crippen LogP contribution < -0.4 is 5.63 Å². The van der Waals surface area contributed by atoms with Crippen LogP contribution in [0.3, 0.4) is 0 Å². The Hall–Kier alpha value is -2.08. The molecule has 3 heteroatoms. The summed E-state index contributed by atoms with van der Waals surface area (Å²) in [6, 6.07) is 8.80. The Morgan fingerprint density at radius 1 is 1.43 bits per heavy atom. The molecule has 2 aromatic rings. The number of nitriles is 1. The van der Waals surface area contributed by atoms with Gasteiger partial charge in [-0.3, -0.25) is 0 Å². The van der Waals surface area contributed by atoms with Crippen LogP contribution in [0, 0.1) is 18.3 Å². The van der Waals surface area contributed by atoms with Gasteiger partial charge >= 0.3 is 5.63 Å². The van der Waals surface area contributed by atoms with Gasteiger partial charge in [0, 0.05) is 10.9 Å². The Labute approximate surface area is 80.2 Å². The third-order valence-corrected chi connectivity index (χ3v) is 2.07. The highest BCUT2D eigenvalue weighted by Crippen LogP contribution is 2.17. The maximum atomic E-state index is 11.2. The second-order valence-electron chi connectivity index (χ2n) is 3.05. The lowest BCUT2D eigenvalue weighted by Gasteiger charge is -1.98. The molecule has 0 unspecified atom stereocenters. The van der Waals surface area contributed by atoms with Gasteiger partial charge in [-0.2, -0.15) is 5.26 Å². The highest BCUT2D eigenvalue weighted by molar-refractivity contribution is 5.83. The molecule has 0 amide bonds. The zero-order chi connectivity index (χ0) is 10.1. The Kier molecular flexibility index (Phi) is 1.83. The first-order valence-corrected chi connectivity index (χ1v) is 4.16. The third-order valence-electron chi connectivity index (χ3n) is 2.07. The quantitative estimate of drug-likeness (QED) is 0.589. The third kappa shape index (κ3) is 1.17. The highest BCUT2D eigenvalue weighted by atomic mass is 16.4. The molecule has 1 aromatic carbocycles. The highest BCUT2D eigenvalue weighted by Gasteiger charge is 2.04. The molecule has 0 aliphatic rings. The summed E-state index contributed by atoms with van der Waals surface area (Å²) in [4.78, 5) is 11.2. The summed E-state index contributed by atoms with van der Waals surface area (Å²) in [6.45, 7) is 1.67. The summed E-state index contributed by atoms with van der Waals surface area (Å²) in [6.07, 6.45) is 0. The van der Waals surface area contributed by atoms with Gasteiger partial charge < -0.3 is 4.42 Å². The van der Waals surface area contributed by atoms with E-state index in [2.05, 4.69) is 6.07 Å². The fourth-order valence-corrected chi connectivity index (χ4v) is 1.34. The van der Waals surface area contributed by atoms with Gasteiger partial charge in [-0.25, -0.2) is 4.79 Å². The van der Waals surface area contributed by atoms with Crippen LogP contribution in [-0.4, -0.2) is 0 Å². The van der Waals surface area contributed by atoms with Crippen LogP contribution in [0.4, 0.5) is 0 Å². The topological polar surface area (TPSA) is 54.0 Å². The molecule has 0 atom stereocenters. The van der Waals surface area contributed by atoms with E-state index in [4.69, 9.17) is 9.68 Å². The van der Waals surface area contributed by atoms with Crippen molar-refractivity contribution in [3.63, 3.8) is 0 Å². The summed E-state index contributed by atoms with van der Waals surface area (Å²) >= 11 is 0. The zero-order valence-electron chi connectivity index (χ0n) is 7.57. The van der Waals surface area contributed by atoms with Gasteiger partial charge in [0.2, 0.25) is 0 Å². The lowest BCUT2D eigenvalue weighted by molar-refractivity contribution is 0.555. The van der Waals surface area contributed by atoms with Crippen molar-refractivity contribution in [2.75, 3.05) is 0 Å². The maximum absolute atomic E-state index is 11.2. The Morgan fingerprint density at radius 3 is 2.93 bits per heavy atom. The van der Waals surface area contributed by atoms with Gasteiger partial charge in [-0.15, -0.1) is 0 Å². The molecule has 2 rings (SSSR count). The molecule has 0 saturated heterocycles. The van der Waals surface area contributed by atoms with Gasteiger partial charge in [0.25, 0.3) is 0 Å². The number of benzene rings is 1. The van der Waals surface area contributed by atoms with Crippen molar-refractivity contribution < 1.29 is 4.42 Å². The first kappa shape index (κ1) is 8.52. The van der Waals surface area contributed by atoms with E-state index < -0.39 is 0 Å². The number of nitrogens with zero attached hydrogens (tertiary/aromatic N) is 1. The molecule has 1 heterocycles. The van der Waals surface area contributed by atoms with Crippen LogP contribution in [0.5, 0.6) is 0 Å². The summed E-state index contributed by atoms with van der Waals surface area (Å²) in [5.74, 6) is 0.